The van der Waals surface area contributed by atoms with E-state index in [1.165, 1.54) is 11.3 Å². The van der Waals surface area contributed by atoms with Gasteiger partial charge in [0.05, 0.1) is 6.20 Å². The van der Waals surface area contributed by atoms with E-state index in [4.69, 9.17) is 5.73 Å². The molecule has 0 radical (unpaired) electrons. The van der Waals surface area contributed by atoms with Gasteiger partial charge in [-0.15, -0.1) is 0 Å². The number of hydrogen-bond donors (Lipinski definition) is 2. The largest absolute Gasteiger partial charge is 0.351 e. The van der Waals surface area contributed by atoms with E-state index >= 15 is 0 Å². The number of aromatic nitrogens is 2. The number of hydrogen-bond acceptors (Lipinski definition) is 3. The molecule has 1 aromatic rings. The summed E-state index contributed by atoms with van der Waals surface area (Å²) in [6, 6.07) is 0.150. The van der Waals surface area contributed by atoms with Crippen molar-refractivity contribution in [2.75, 3.05) is 13.1 Å². The highest BCUT2D eigenvalue weighted by atomic mass is 16.2. The van der Waals surface area contributed by atoms with Crippen LogP contribution in [0, 0.1) is 6.92 Å². The molecule has 0 bridgehead atoms. The van der Waals surface area contributed by atoms with Crippen molar-refractivity contribution in [3.8, 4) is 0 Å². The van der Waals surface area contributed by atoms with Crippen molar-refractivity contribution in [2.45, 2.75) is 32.4 Å². The molecule has 0 atom stereocenters. The van der Waals surface area contributed by atoms with Crippen molar-refractivity contribution >= 4 is 6.03 Å². The SMILES string of the molecule is Cc1c(CNC2CCN(C(N)=O)CC2)cnn1C. The molecule has 18 heavy (non-hydrogen) atoms. The minimum Gasteiger partial charge on any atom is -0.351 e. The molecule has 1 aromatic heterocycles. The Hall–Kier alpha value is -1.56. The second-order valence-corrected chi connectivity index (χ2v) is 4.86. The van der Waals surface area contributed by atoms with Crippen molar-refractivity contribution in [2.24, 2.45) is 12.8 Å². The first-order valence-electron chi connectivity index (χ1n) is 6.33. The molecule has 2 amide bonds. The normalized spacial score (nSPS) is 17.1. The molecule has 100 valence electrons. The van der Waals surface area contributed by atoms with Gasteiger partial charge in [-0.3, -0.25) is 4.68 Å². The average Bonchev–Trinajstić information content (AvgIpc) is 2.68. The Labute approximate surface area is 107 Å². The van der Waals surface area contributed by atoms with E-state index in [1.54, 1.807) is 4.90 Å². The maximum atomic E-state index is 11.0. The molecule has 1 aliphatic rings. The zero-order valence-corrected chi connectivity index (χ0v) is 11.0. The van der Waals surface area contributed by atoms with Crippen LogP contribution in [-0.2, 0) is 13.6 Å². The second kappa shape index (κ2) is 5.39. The monoisotopic (exact) mass is 251 g/mol. The second-order valence-electron chi connectivity index (χ2n) is 4.86. The minimum atomic E-state index is -0.309. The summed E-state index contributed by atoms with van der Waals surface area (Å²) >= 11 is 0. The van der Waals surface area contributed by atoms with Crippen molar-refractivity contribution in [3.63, 3.8) is 0 Å². The Kier molecular flexibility index (Phi) is 3.86. The van der Waals surface area contributed by atoms with Crippen LogP contribution in [0.4, 0.5) is 4.79 Å². The summed E-state index contributed by atoms with van der Waals surface area (Å²) in [5.74, 6) is 0. The fourth-order valence-corrected chi connectivity index (χ4v) is 2.28. The first kappa shape index (κ1) is 12.9. The van der Waals surface area contributed by atoms with E-state index in [-0.39, 0.29) is 6.03 Å². The summed E-state index contributed by atoms with van der Waals surface area (Å²) in [5.41, 5.74) is 7.68. The molecular formula is C12H21N5O. The Bertz CT molecular complexity index is 420. The van der Waals surface area contributed by atoms with Crippen LogP contribution in [-0.4, -0.2) is 39.8 Å². The van der Waals surface area contributed by atoms with Crippen LogP contribution in [0.5, 0.6) is 0 Å². The summed E-state index contributed by atoms with van der Waals surface area (Å²) in [7, 11) is 1.95. The first-order chi connectivity index (χ1) is 8.58. The van der Waals surface area contributed by atoms with Crippen LogP contribution in [0.15, 0.2) is 6.20 Å². The van der Waals surface area contributed by atoms with Crippen LogP contribution in [0.3, 0.4) is 0 Å². The van der Waals surface area contributed by atoms with Crippen molar-refractivity contribution in [1.82, 2.24) is 20.0 Å². The molecule has 0 unspecified atom stereocenters. The molecule has 3 N–H and O–H groups in total. The number of likely N-dealkylation sites (tertiary alicyclic amines) is 1. The third-order valence-electron chi connectivity index (χ3n) is 3.72. The van der Waals surface area contributed by atoms with E-state index in [0.717, 1.165) is 32.5 Å². The van der Waals surface area contributed by atoms with Crippen molar-refractivity contribution in [3.05, 3.63) is 17.5 Å². The highest BCUT2D eigenvalue weighted by Crippen LogP contribution is 2.12. The highest BCUT2D eigenvalue weighted by Gasteiger charge is 2.20. The Morgan fingerprint density at radius 2 is 2.22 bits per heavy atom. The number of carbonyl (C=O) groups is 1. The summed E-state index contributed by atoms with van der Waals surface area (Å²) in [4.78, 5) is 12.7. The molecule has 0 aromatic carbocycles. The smallest absolute Gasteiger partial charge is 0.314 e. The van der Waals surface area contributed by atoms with Gasteiger partial charge in [-0.2, -0.15) is 5.10 Å². The van der Waals surface area contributed by atoms with E-state index in [9.17, 15) is 4.79 Å². The van der Waals surface area contributed by atoms with Gasteiger partial charge in [0, 0.05) is 44.0 Å². The van der Waals surface area contributed by atoms with Crippen LogP contribution < -0.4 is 11.1 Å². The highest BCUT2D eigenvalue weighted by molar-refractivity contribution is 5.72. The molecular weight excluding hydrogens is 230 g/mol. The topological polar surface area (TPSA) is 76.2 Å². The lowest BCUT2D eigenvalue weighted by Crippen LogP contribution is -2.46. The Morgan fingerprint density at radius 1 is 1.56 bits per heavy atom. The van der Waals surface area contributed by atoms with Crippen LogP contribution in [0.1, 0.15) is 24.1 Å². The molecule has 0 aliphatic carbocycles. The molecule has 2 heterocycles. The maximum absolute atomic E-state index is 11.0. The molecule has 1 fully saturated rings. The van der Waals surface area contributed by atoms with Crippen LogP contribution in [0.25, 0.3) is 0 Å². The van der Waals surface area contributed by atoms with Gasteiger partial charge in [-0.25, -0.2) is 4.79 Å². The summed E-state index contributed by atoms with van der Waals surface area (Å²) < 4.78 is 1.88. The van der Waals surface area contributed by atoms with E-state index < -0.39 is 0 Å². The standard InChI is InChI=1S/C12H21N5O/c1-9-10(8-15-16(9)2)7-14-11-3-5-17(6-4-11)12(13)18/h8,11,14H,3-7H2,1-2H3,(H2,13,18). The van der Waals surface area contributed by atoms with E-state index in [1.807, 2.05) is 17.9 Å². The quantitative estimate of drug-likeness (QED) is 0.814. The van der Waals surface area contributed by atoms with Gasteiger partial charge in [0.15, 0.2) is 0 Å². The third kappa shape index (κ3) is 2.81. The number of primary amides is 1. The molecule has 6 heteroatoms. The molecule has 0 spiro atoms. The zero-order chi connectivity index (χ0) is 13.1. The lowest BCUT2D eigenvalue weighted by molar-refractivity contribution is 0.185. The van der Waals surface area contributed by atoms with Gasteiger partial charge in [0.1, 0.15) is 0 Å². The number of carbonyl (C=O) groups excluding carboxylic acids is 1. The fraction of sp³-hybridized carbons (Fsp3) is 0.667. The average molecular weight is 251 g/mol. The van der Waals surface area contributed by atoms with Gasteiger partial charge in [0.2, 0.25) is 0 Å². The minimum absolute atomic E-state index is 0.309. The summed E-state index contributed by atoms with van der Waals surface area (Å²) in [6.45, 7) is 4.40. The van der Waals surface area contributed by atoms with Gasteiger partial charge in [-0.1, -0.05) is 0 Å². The Balaban J connectivity index is 1.79. The van der Waals surface area contributed by atoms with Crippen molar-refractivity contribution < 1.29 is 4.79 Å². The van der Waals surface area contributed by atoms with Crippen molar-refractivity contribution in [1.29, 1.82) is 0 Å². The fourth-order valence-electron chi connectivity index (χ4n) is 2.28. The van der Waals surface area contributed by atoms with Gasteiger partial charge >= 0.3 is 6.03 Å². The van der Waals surface area contributed by atoms with E-state index in [0.29, 0.717) is 6.04 Å². The summed E-state index contributed by atoms with van der Waals surface area (Å²) in [5, 5.41) is 7.74. The lowest BCUT2D eigenvalue weighted by Gasteiger charge is -2.31. The number of nitrogens with two attached hydrogens (primary N) is 1. The number of aryl methyl sites for hydroxylation is 1. The molecule has 1 saturated heterocycles. The number of amides is 2. The summed E-state index contributed by atoms with van der Waals surface area (Å²) in [6.07, 6.45) is 3.82. The van der Waals surface area contributed by atoms with Crippen LogP contribution >= 0.6 is 0 Å². The molecule has 1 aliphatic heterocycles. The third-order valence-corrected chi connectivity index (χ3v) is 3.72. The Morgan fingerprint density at radius 3 is 2.72 bits per heavy atom. The van der Waals surface area contributed by atoms with Gasteiger partial charge in [-0.05, 0) is 19.8 Å². The number of nitrogens with zero attached hydrogens (tertiary/aromatic N) is 3. The lowest BCUT2D eigenvalue weighted by atomic mass is 10.1. The molecule has 6 nitrogen and oxygen atoms in total. The predicted molar refractivity (Wildman–Crippen MR) is 69.0 cm³/mol. The number of nitrogens with one attached hydrogen (secondary N) is 1. The predicted octanol–water partition coefficient (Wildman–Crippen LogP) is 0.361. The number of rotatable bonds is 3. The number of urea groups is 1. The molecule has 0 saturated carbocycles. The van der Waals surface area contributed by atoms with E-state index in [2.05, 4.69) is 17.3 Å². The maximum Gasteiger partial charge on any atom is 0.314 e. The number of piperidine rings is 1. The van der Waals surface area contributed by atoms with Gasteiger partial charge in [0.25, 0.3) is 0 Å². The molecule has 2 rings (SSSR count). The first-order valence-corrected chi connectivity index (χ1v) is 6.33. The van der Waals surface area contributed by atoms with Gasteiger partial charge < -0.3 is 16.0 Å². The van der Waals surface area contributed by atoms with Crippen LogP contribution in [0.2, 0.25) is 0 Å². The zero-order valence-electron chi connectivity index (χ0n) is 11.0.